The Bertz CT molecular complexity index is 1240. The smallest absolute Gasteiger partial charge is 0.338 e. The minimum atomic E-state index is -1.18. The van der Waals surface area contributed by atoms with Gasteiger partial charge in [-0.15, -0.1) is 0 Å². The van der Waals surface area contributed by atoms with Gasteiger partial charge in [0.2, 0.25) is 0 Å². The molecule has 32 heavy (non-hydrogen) atoms. The highest BCUT2D eigenvalue weighted by Gasteiger charge is 2.35. The number of rotatable bonds is 6. The maximum absolute atomic E-state index is 13.3. The Morgan fingerprint density at radius 3 is 2.12 bits per heavy atom. The molecule has 3 aromatic rings. The molecule has 1 heterocycles. The third-order valence-electron chi connectivity index (χ3n) is 4.96. The van der Waals surface area contributed by atoms with Crippen LogP contribution in [0.5, 0.6) is 0 Å². The van der Waals surface area contributed by atoms with Crippen molar-refractivity contribution < 1.29 is 32.7 Å². The summed E-state index contributed by atoms with van der Waals surface area (Å²) in [6, 6.07) is 15.2. The molecule has 2 amide bonds. The van der Waals surface area contributed by atoms with Crippen molar-refractivity contribution in [2.45, 2.75) is 6.54 Å². The lowest BCUT2D eigenvalue weighted by Gasteiger charge is -2.14. The number of carbonyl (C=O) groups is 4. The summed E-state index contributed by atoms with van der Waals surface area (Å²) >= 11 is 0. The molecule has 0 spiro atoms. The Hall–Kier alpha value is -4.20. The molecule has 0 fully saturated rings. The zero-order valence-electron chi connectivity index (χ0n) is 16.5. The van der Waals surface area contributed by atoms with Crippen LogP contribution in [0.15, 0.2) is 66.7 Å². The Labute approximate surface area is 181 Å². The van der Waals surface area contributed by atoms with Crippen LogP contribution in [0, 0.1) is 11.6 Å². The number of nitrogens with zero attached hydrogens (tertiary/aromatic N) is 1. The van der Waals surface area contributed by atoms with E-state index in [9.17, 15) is 28.0 Å². The number of imide groups is 1. The van der Waals surface area contributed by atoms with Gasteiger partial charge >= 0.3 is 5.97 Å². The highest BCUT2D eigenvalue weighted by molar-refractivity contribution is 6.21. The highest BCUT2D eigenvalue weighted by atomic mass is 19.2. The van der Waals surface area contributed by atoms with Crippen molar-refractivity contribution in [3.8, 4) is 0 Å². The molecule has 4 rings (SSSR count). The van der Waals surface area contributed by atoms with Gasteiger partial charge in [0.05, 0.1) is 23.2 Å². The van der Waals surface area contributed by atoms with Gasteiger partial charge in [-0.25, -0.2) is 13.6 Å². The van der Waals surface area contributed by atoms with Crippen molar-refractivity contribution in [1.29, 1.82) is 0 Å². The van der Waals surface area contributed by atoms with Crippen LogP contribution in [0.4, 0.5) is 8.78 Å². The van der Waals surface area contributed by atoms with Crippen molar-refractivity contribution in [2.75, 3.05) is 6.61 Å². The molecular weight excluding hydrogens is 420 g/mol. The highest BCUT2D eigenvalue weighted by Crippen LogP contribution is 2.24. The van der Waals surface area contributed by atoms with Crippen LogP contribution in [-0.4, -0.2) is 35.1 Å². The molecule has 8 heteroatoms. The fourth-order valence-electron chi connectivity index (χ4n) is 3.33. The fraction of sp³-hybridized carbons (Fsp3) is 0.0833. The van der Waals surface area contributed by atoms with E-state index < -0.39 is 41.8 Å². The Morgan fingerprint density at radius 1 is 0.781 bits per heavy atom. The van der Waals surface area contributed by atoms with E-state index in [1.807, 2.05) is 0 Å². The molecule has 0 saturated heterocycles. The molecule has 3 aromatic carbocycles. The first-order valence-corrected chi connectivity index (χ1v) is 9.54. The van der Waals surface area contributed by atoms with E-state index >= 15 is 0 Å². The second-order valence-corrected chi connectivity index (χ2v) is 7.07. The van der Waals surface area contributed by atoms with Crippen LogP contribution < -0.4 is 0 Å². The van der Waals surface area contributed by atoms with Crippen molar-refractivity contribution in [2.24, 2.45) is 0 Å². The van der Waals surface area contributed by atoms with Gasteiger partial charge < -0.3 is 4.74 Å². The summed E-state index contributed by atoms with van der Waals surface area (Å²) in [5.41, 5.74) is 1.14. The molecule has 0 N–H and O–H groups in total. The number of amides is 2. The summed E-state index contributed by atoms with van der Waals surface area (Å²) < 4.78 is 31.2. The lowest BCUT2D eigenvalue weighted by Crippen LogP contribution is -2.29. The summed E-state index contributed by atoms with van der Waals surface area (Å²) in [5, 5.41) is 0. The van der Waals surface area contributed by atoms with Crippen molar-refractivity contribution >= 4 is 23.6 Å². The molecule has 0 atom stereocenters. The van der Waals surface area contributed by atoms with Gasteiger partial charge in [0.15, 0.2) is 24.0 Å². The van der Waals surface area contributed by atoms with E-state index in [0.717, 1.165) is 23.1 Å². The van der Waals surface area contributed by atoms with Crippen LogP contribution in [0.25, 0.3) is 0 Å². The largest absolute Gasteiger partial charge is 0.454 e. The molecule has 6 nitrogen and oxygen atoms in total. The average molecular weight is 435 g/mol. The van der Waals surface area contributed by atoms with E-state index in [2.05, 4.69) is 0 Å². The van der Waals surface area contributed by atoms with Crippen molar-refractivity contribution in [3.63, 3.8) is 0 Å². The maximum Gasteiger partial charge on any atom is 0.338 e. The normalized spacial score (nSPS) is 12.6. The molecule has 1 aliphatic rings. The van der Waals surface area contributed by atoms with Gasteiger partial charge in [0, 0.05) is 5.56 Å². The number of Topliss-reactive ketones (excluding diaryl/α,β-unsaturated/α-hetero) is 1. The lowest BCUT2D eigenvalue weighted by atomic mass is 10.1. The van der Waals surface area contributed by atoms with Gasteiger partial charge in [-0.05, 0) is 48.0 Å². The van der Waals surface area contributed by atoms with Gasteiger partial charge in [-0.2, -0.15) is 0 Å². The Morgan fingerprint density at radius 2 is 1.47 bits per heavy atom. The van der Waals surface area contributed by atoms with E-state index in [-0.39, 0.29) is 17.7 Å². The van der Waals surface area contributed by atoms with E-state index in [1.165, 1.54) is 12.1 Å². The zero-order chi connectivity index (χ0) is 22.8. The summed E-state index contributed by atoms with van der Waals surface area (Å²) in [6.07, 6.45) is 0. The monoisotopic (exact) mass is 435 g/mol. The molecule has 0 saturated carbocycles. The van der Waals surface area contributed by atoms with E-state index in [4.69, 9.17) is 4.74 Å². The summed E-state index contributed by atoms with van der Waals surface area (Å²) in [5.74, 6) is -4.62. The SMILES string of the molecule is O=C(COC(=O)c1cccc(CN2C(=O)c3ccccc3C2=O)c1)c1ccc(F)c(F)c1. The second kappa shape index (κ2) is 8.50. The standard InChI is InChI=1S/C24H15F2NO5/c25-19-9-8-15(11-20(19)26)21(28)13-32-24(31)16-5-3-4-14(10-16)12-27-22(29)17-6-1-2-7-18(17)23(27)30/h1-11H,12-13H2. The third-order valence-corrected chi connectivity index (χ3v) is 4.96. The molecule has 160 valence electrons. The Balaban J connectivity index is 1.42. The van der Waals surface area contributed by atoms with E-state index in [1.54, 1.807) is 36.4 Å². The lowest BCUT2D eigenvalue weighted by molar-refractivity contribution is 0.0474. The number of benzene rings is 3. The topological polar surface area (TPSA) is 80.8 Å². The number of hydrogen-bond acceptors (Lipinski definition) is 5. The molecule has 0 aliphatic carbocycles. The maximum atomic E-state index is 13.3. The number of carbonyl (C=O) groups excluding carboxylic acids is 4. The van der Waals surface area contributed by atoms with E-state index in [0.29, 0.717) is 16.7 Å². The molecule has 0 unspecified atom stereocenters. The van der Waals surface area contributed by atoms with Crippen molar-refractivity contribution in [1.82, 2.24) is 4.90 Å². The number of esters is 1. The van der Waals surface area contributed by atoms with Crippen LogP contribution in [-0.2, 0) is 11.3 Å². The number of ketones is 1. The Kier molecular flexibility index (Phi) is 5.59. The van der Waals surface area contributed by atoms with Crippen LogP contribution >= 0.6 is 0 Å². The summed E-state index contributed by atoms with van der Waals surface area (Å²) in [6.45, 7) is -0.701. The third kappa shape index (κ3) is 4.02. The molecule has 0 bridgehead atoms. The minimum Gasteiger partial charge on any atom is -0.454 e. The molecule has 1 aliphatic heterocycles. The van der Waals surface area contributed by atoms with Crippen LogP contribution in [0.1, 0.15) is 47.0 Å². The number of hydrogen-bond donors (Lipinski definition) is 0. The predicted octanol–water partition coefficient (Wildman–Crippen LogP) is 3.80. The number of fused-ring (bicyclic) bond motifs is 1. The van der Waals surface area contributed by atoms with Crippen LogP contribution in [0.3, 0.4) is 0 Å². The first-order valence-electron chi connectivity index (χ1n) is 9.54. The molecule has 0 radical (unpaired) electrons. The fourth-order valence-corrected chi connectivity index (χ4v) is 3.33. The molecular formula is C24H15F2NO5. The average Bonchev–Trinajstić information content (AvgIpc) is 3.04. The minimum absolute atomic E-state index is 0.0404. The number of halogens is 2. The van der Waals surface area contributed by atoms with Crippen molar-refractivity contribution in [3.05, 3.63) is 106 Å². The quantitative estimate of drug-likeness (QED) is 0.334. The zero-order valence-corrected chi connectivity index (χ0v) is 16.5. The number of ether oxygens (including phenoxy) is 1. The van der Waals surface area contributed by atoms with Gasteiger partial charge in [-0.1, -0.05) is 24.3 Å². The van der Waals surface area contributed by atoms with Crippen LogP contribution in [0.2, 0.25) is 0 Å². The second-order valence-electron chi connectivity index (χ2n) is 7.07. The first kappa shape index (κ1) is 21.0. The van der Waals surface area contributed by atoms with Gasteiger partial charge in [0.1, 0.15) is 0 Å². The first-order chi connectivity index (χ1) is 15.3. The van der Waals surface area contributed by atoms with Gasteiger partial charge in [-0.3, -0.25) is 19.3 Å². The van der Waals surface area contributed by atoms with Gasteiger partial charge in [0.25, 0.3) is 11.8 Å². The summed E-state index contributed by atoms with van der Waals surface area (Å²) in [4.78, 5) is 50.5. The molecule has 0 aromatic heterocycles. The predicted molar refractivity (Wildman–Crippen MR) is 108 cm³/mol. The summed E-state index contributed by atoms with van der Waals surface area (Å²) in [7, 11) is 0.